The Kier molecular flexibility index (Phi) is 6.95. The first-order valence-corrected chi connectivity index (χ1v) is 10.2. The molecule has 29 heavy (non-hydrogen) atoms. The van der Waals surface area contributed by atoms with Crippen LogP contribution in [0.1, 0.15) is 38.3 Å². The third-order valence-electron chi connectivity index (χ3n) is 4.82. The van der Waals surface area contributed by atoms with Gasteiger partial charge in [-0.1, -0.05) is 60.4 Å². The highest BCUT2D eigenvalue weighted by Gasteiger charge is 2.32. The van der Waals surface area contributed by atoms with E-state index in [4.69, 9.17) is 4.74 Å². The summed E-state index contributed by atoms with van der Waals surface area (Å²) in [5, 5.41) is 0. The predicted octanol–water partition coefficient (Wildman–Crippen LogP) is 4.55. The van der Waals surface area contributed by atoms with Crippen LogP contribution in [0.4, 0.5) is 4.79 Å². The number of likely N-dealkylation sites (tertiary alicyclic amines) is 1. The van der Waals surface area contributed by atoms with Gasteiger partial charge in [-0.3, -0.25) is 9.80 Å². The van der Waals surface area contributed by atoms with Crippen LogP contribution in [0.15, 0.2) is 60.7 Å². The first-order chi connectivity index (χ1) is 13.9. The minimum absolute atomic E-state index is 0.110. The van der Waals surface area contributed by atoms with E-state index in [9.17, 15) is 4.79 Å². The minimum atomic E-state index is -0.523. The number of rotatable bonds is 4. The lowest BCUT2D eigenvalue weighted by molar-refractivity contribution is 0.0199. The first-order valence-electron chi connectivity index (χ1n) is 10.2. The van der Waals surface area contributed by atoms with Crippen molar-refractivity contribution < 1.29 is 9.53 Å². The van der Waals surface area contributed by atoms with Gasteiger partial charge in [0.25, 0.3) is 0 Å². The maximum Gasteiger partial charge on any atom is 0.411 e. The lowest BCUT2D eigenvalue weighted by atomic mass is 10.2. The molecule has 1 fully saturated rings. The molecule has 0 N–H and O–H groups in total. The Morgan fingerprint density at radius 3 is 2.41 bits per heavy atom. The van der Waals surface area contributed by atoms with Gasteiger partial charge in [-0.15, -0.1) is 0 Å². The Bertz CT molecular complexity index is 847. The summed E-state index contributed by atoms with van der Waals surface area (Å²) in [5.41, 5.74) is 1.72. The van der Waals surface area contributed by atoms with Crippen LogP contribution in [0.3, 0.4) is 0 Å². The van der Waals surface area contributed by atoms with Gasteiger partial charge < -0.3 is 4.74 Å². The van der Waals surface area contributed by atoms with Crippen LogP contribution in [-0.2, 0) is 11.3 Å². The molecule has 0 spiro atoms. The van der Waals surface area contributed by atoms with E-state index in [2.05, 4.69) is 41.0 Å². The van der Waals surface area contributed by atoms with Crippen LogP contribution in [-0.4, -0.2) is 47.2 Å². The molecule has 0 saturated carbocycles. The van der Waals surface area contributed by atoms with Gasteiger partial charge in [-0.25, -0.2) is 4.79 Å². The van der Waals surface area contributed by atoms with Crippen LogP contribution < -0.4 is 0 Å². The predicted molar refractivity (Wildman–Crippen MR) is 116 cm³/mol. The molecule has 1 saturated heterocycles. The molecule has 1 amide bonds. The van der Waals surface area contributed by atoms with E-state index < -0.39 is 5.60 Å². The summed E-state index contributed by atoms with van der Waals surface area (Å²) in [6, 6.07) is 20.4. The van der Waals surface area contributed by atoms with Crippen LogP contribution in [0.25, 0.3) is 0 Å². The highest BCUT2D eigenvalue weighted by Crippen LogP contribution is 2.20. The number of benzene rings is 2. The second kappa shape index (κ2) is 9.62. The smallest absolute Gasteiger partial charge is 0.411 e. The number of nitrogens with zero attached hydrogens (tertiary/aromatic N) is 2. The zero-order valence-electron chi connectivity index (χ0n) is 17.6. The molecule has 1 atom stereocenters. The average molecular weight is 391 g/mol. The molecule has 0 aromatic heterocycles. The Morgan fingerprint density at radius 1 is 1.10 bits per heavy atom. The number of carbonyl (C=O) groups is 1. The number of hydrogen-bond donors (Lipinski definition) is 0. The first kappa shape index (κ1) is 21.0. The molecule has 1 heterocycles. The van der Waals surface area contributed by atoms with Crippen molar-refractivity contribution in [3.63, 3.8) is 0 Å². The van der Waals surface area contributed by atoms with E-state index in [-0.39, 0.29) is 12.1 Å². The Balaban J connectivity index is 1.67. The van der Waals surface area contributed by atoms with Crippen molar-refractivity contribution in [2.45, 2.75) is 45.4 Å². The van der Waals surface area contributed by atoms with Gasteiger partial charge in [0.1, 0.15) is 5.60 Å². The van der Waals surface area contributed by atoms with E-state index in [1.807, 2.05) is 57.2 Å². The monoisotopic (exact) mass is 390 g/mol. The second-order valence-corrected chi connectivity index (χ2v) is 8.44. The van der Waals surface area contributed by atoms with Crippen molar-refractivity contribution in [3.05, 3.63) is 71.8 Å². The summed E-state index contributed by atoms with van der Waals surface area (Å²) in [4.78, 5) is 17.1. The molecular formula is C25H30N2O2. The number of hydrogen-bond acceptors (Lipinski definition) is 3. The Morgan fingerprint density at radius 2 is 1.76 bits per heavy atom. The number of amides is 1. The van der Waals surface area contributed by atoms with Gasteiger partial charge in [0, 0.05) is 31.2 Å². The van der Waals surface area contributed by atoms with Crippen LogP contribution in [0.2, 0.25) is 0 Å². The van der Waals surface area contributed by atoms with Crippen LogP contribution >= 0.6 is 0 Å². The molecule has 4 nitrogen and oxygen atoms in total. The molecule has 0 aliphatic carbocycles. The summed E-state index contributed by atoms with van der Waals surface area (Å²) >= 11 is 0. The summed E-state index contributed by atoms with van der Waals surface area (Å²) in [7, 11) is 0. The lowest BCUT2D eigenvalue weighted by Crippen LogP contribution is -2.44. The third-order valence-corrected chi connectivity index (χ3v) is 4.82. The van der Waals surface area contributed by atoms with Gasteiger partial charge >= 0.3 is 6.09 Å². The molecule has 0 radical (unpaired) electrons. The van der Waals surface area contributed by atoms with Crippen molar-refractivity contribution in [1.29, 1.82) is 0 Å². The van der Waals surface area contributed by atoms with Gasteiger partial charge in [0.2, 0.25) is 0 Å². The zero-order chi connectivity index (χ0) is 20.7. The number of ether oxygens (including phenoxy) is 1. The second-order valence-electron chi connectivity index (χ2n) is 8.44. The van der Waals surface area contributed by atoms with E-state index in [1.165, 1.54) is 5.56 Å². The van der Waals surface area contributed by atoms with Gasteiger partial charge in [-0.2, -0.15) is 0 Å². The van der Waals surface area contributed by atoms with E-state index in [1.54, 1.807) is 4.90 Å². The molecule has 1 unspecified atom stereocenters. The van der Waals surface area contributed by atoms with Crippen LogP contribution in [0.5, 0.6) is 0 Å². The summed E-state index contributed by atoms with van der Waals surface area (Å²) in [6.07, 6.45) is 0.644. The quantitative estimate of drug-likeness (QED) is 0.718. The Hall–Kier alpha value is -2.77. The van der Waals surface area contributed by atoms with E-state index in [0.29, 0.717) is 6.54 Å². The van der Waals surface area contributed by atoms with Crippen molar-refractivity contribution in [2.24, 2.45) is 0 Å². The van der Waals surface area contributed by atoms with Gasteiger partial charge in [0.05, 0.1) is 6.54 Å². The normalized spacial score (nSPS) is 16.7. The van der Waals surface area contributed by atoms with E-state index in [0.717, 1.165) is 31.6 Å². The highest BCUT2D eigenvalue weighted by atomic mass is 16.6. The van der Waals surface area contributed by atoms with Crippen LogP contribution in [0, 0.1) is 11.8 Å². The zero-order valence-corrected chi connectivity index (χ0v) is 17.6. The largest absolute Gasteiger partial charge is 0.444 e. The van der Waals surface area contributed by atoms with Crippen molar-refractivity contribution >= 4 is 6.09 Å². The van der Waals surface area contributed by atoms with Crippen molar-refractivity contribution in [2.75, 3.05) is 19.6 Å². The number of carbonyl (C=O) groups excluding carboxylic acids is 1. The topological polar surface area (TPSA) is 32.8 Å². The molecule has 3 rings (SSSR count). The molecule has 0 bridgehead atoms. The summed E-state index contributed by atoms with van der Waals surface area (Å²) in [6.45, 7) is 8.76. The maximum absolute atomic E-state index is 12.9. The summed E-state index contributed by atoms with van der Waals surface area (Å²) < 4.78 is 5.67. The molecule has 1 aliphatic heterocycles. The fourth-order valence-electron chi connectivity index (χ4n) is 3.46. The van der Waals surface area contributed by atoms with E-state index >= 15 is 0 Å². The standard InChI is InChI=1S/C25H30N2O2/c1-25(2,3)29-24(28)27(17-10-15-21-11-6-4-7-12-21)23-16-18-26(20-23)19-22-13-8-5-9-14-22/h4-9,11-14,23H,16-20H2,1-3H3. The lowest BCUT2D eigenvalue weighted by Gasteiger charge is -2.30. The molecule has 2 aromatic rings. The fourth-order valence-corrected chi connectivity index (χ4v) is 3.46. The minimum Gasteiger partial charge on any atom is -0.444 e. The van der Waals surface area contributed by atoms with Crippen molar-refractivity contribution in [3.8, 4) is 11.8 Å². The van der Waals surface area contributed by atoms with Gasteiger partial charge in [-0.05, 0) is 44.9 Å². The van der Waals surface area contributed by atoms with Gasteiger partial charge in [0.15, 0.2) is 0 Å². The molecule has 4 heteroatoms. The Labute approximate surface area is 174 Å². The molecule has 2 aromatic carbocycles. The average Bonchev–Trinajstić information content (AvgIpc) is 3.13. The maximum atomic E-state index is 12.9. The molecule has 152 valence electrons. The molecule has 1 aliphatic rings. The molecular weight excluding hydrogens is 360 g/mol. The van der Waals surface area contributed by atoms with Crippen molar-refractivity contribution in [1.82, 2.24) is 9.80 Å². The highest BCUT2D eigenvalue weighted by molar-refractivity contribution is 5.69. The third kappa shape index (κ3) is 6.66. The summed E-state index contributed by atoms with van der Waals surface area (Å²) in [5.74, 6) is 6.32. The SMILES string of the molecule is CC(C)(C)OC(=O)N(CC#Cc1ccccc1)C1CCN(Cc2ccccc2)C1. The fraction of sp³-hybridized carbons (Fsp3) is 0.400.